The number of para-hydroxylation sites is 1. The Hall–Kier alpha value is -4.55. The van der Waals surface area contributed by atoms with Gasteiger partial charge in [-0.3, -0.25) is 14.5 Å². The Labute approximate surface area is 230 Å². The number of imide groups is 1. The molecule has 1 heterocycles. The predicted octanol–water partition coefficient (Wildman–Crippen LogP) is 7.69. The normalized spacial score (nSPS) is 14.5. The molecule has 192 valence electrons. The first-order chi connectivity index (χ1) is 19.2. The number of carbonyl (C=O) groups is 2. The zero-order chi connectivity index (χ0) is 26.6. The highest BCUT2D eigenvalue weighted by molar-refractivity contribution is 8.18. The van der Waals surface area contributed by atoms with Gasteiger partial charge >= 0.3 is 0 Å². The monoisotopic (exact) mass is 531 g/mol. The average Bonchev–Trinajstić information content (AvgIpc) is 3.24. The van der Waals surface area contributed by atoms with Crippen LogP contribution in [-0.2, 0) is 11.4 Å². The van der Waals surface area contributed by atoms with Crippen LogP contribution in [0.4, 0.5) is 4.79 Å². The molecule has 5 aromatic carbocycles. The summed E-state index contributed by atoms with van der Waals surface area (Å²) in [6, 6.07) is 35.8. The van der Waals surface area contributed by atoms with Crippen LogP contribution in [0.3, 0.4) is 0 Å². The molecule has 1 fully saturated rings. The molecule has 0 aliphatic carbocycles. The topological polar surface area (TPSA) is 55.8 Å². The number of ether oxygens (including phenoxy) is 2. The minimum Gasteiger partial charge on any atom is -0.491 e. The van der Waals surface area contributed by atoms with Gasteiger partial charge in [0.2, 0.25) is 0 Å². The van der Waals surface area contributed by atoms with Crippen molar-refractivity contribution in [1.82, 2.24) is 4.90 Å². The fourth-order valence-electron chi connectivity index (χ4n) is 4.62. The summed E-state index contributed by atoms with van der Waals surface area (Å²) >= 11 is 0.937. The Morgan fingerprint density at radius 2 is 1.41 bits per heavy atom. The van der Waals surface area contributed by atoms with E-state index in [2.05, 4.69) is 30.3 Å². The van der Waals surface area contributed by atoms with Gasteiger partial charge in [-0.15, -0.1) is 0 Å². The molecule has 6 rings (SSSR count). The van der Waals surface area contributed by atoms with Gasteiger partial charge in [-0.2, -0.15) is 0 Å². The molecule has 0 N–H and O–H groups in total. The van der Waals surface area contributed by atoms with E-state index >= 15 is 0 Å². The third kappa shape index (κ3) is 5.38. The third-order valence-electron chi connectivity index (χ3n) is 6.61. The Morgan fingerprint density at radius 3 is 2.31 bits per heavy atom. The van der Waals surface area contributed by atoms with Gasteiger partial charge in [0.15, 0.2) is 0 Å². The van der Waals surface area contributed by atoms with Gasteiger partial charge < -0.3 is 9.47 Å². The summed E-state index contributed by atoms with van der Waals surface area (Å²) in [6.45, 7) is 0.777. The summed E-state index contributed by atoms with van der Waals surface area (Å²) in [5.41, 5.74) is 1.80. The number of hydrogen-bond acceptors (Lipinski definition) is 5. The fourth-order valence-corrected chi connectivity index (χ4v) is 5.48. The Morgan fingerprint density at radius 1 is 0.692 bits per heavy atom. The molecule has 0 aromatic heterocycles. The molecule has 0 atom stereocenters. The van der Waals surface area contributed by atoms with Crippen molar-refractivity contribution in [1.29, 1.82) is 0 Å². The third-order valence-corrected chi connectivity index (χ3v) is 7.52. The van der Waals surface area contributed by atoms with E-state index in [1.165, 1.54) is 10.3 Å². The first kappa shape index (κ1) is 24.8. The zero-order valence-corrected chi connectivity index (χ0v) is 21.9. The van der Waals surface area contributed by atoms with Crippen LogP contribution in [0.1, 0.15) is 11.1 Å². The number of benzene rings is 5. The number of thioether (sulfide) groups is 1. The maximum absolute atomic E-state index is 13.1. The molecule has 0 bridgehead atoms. The largest absolute Gasteiger partial charge is 0.491 e. The van der Waals surface area contributed by atoms with Gasteiger partial charge in [0.05, 0.1) is 11.4 Å². The molecule has 0 radical (unpaired) electrons. The number of fused-ring (bicyclic) bond motifs is 2. The molecule has 1 aliphatic heterocycles. The zero-order valence-electron chi connectivity index (χ0n) is 21.1. The molecule has 0 saturated carbocycles. The molecule has 1 saturated heterocycles. The van der Waals surface area contributed by atoms with E-state index in [0.29, 0.717) is 17.3 Å². The van der Waals surface area contributed by atoms with Crippen molar-refractivity contribution >= 4 is 50.5 Å². The van der Waals surface area contributed by atoms with E-state index < -0.39 is 0 Å². The van der Waals surface area contributed by atoms with Crippen molar-refractivity contribution in [3.63, 3.8) is 0 Å². The van der Waals surface area contributed by atoms with Crippen LogP contribution in [-0.4, -0.2) is 29.2 Å². The Bertz CT molecular complexity index is 1720. The van der Waals surface area contributed by atoms with Crippen molar-refractivity contribution in [3.05, 3.63) is 125 Å². The van der Waals surface area contributed by atoms with E-state index in [-0.39, 0.29) is 24.3 Å². The van der Waals surface area contributed by atoms with E-state index in [1.54, 1.807) is 6.08 Å². The average molecular weight is 532 g/mol. The van der Waals surface area contributed by atoms with Crippen LogP contribution in [0.2, 0.25) is 0 Å². The lowest BCUT2D eigenvalue weighted by molar-refractivity contribution is -0.123. The number of nitrogens with zero attached hydrogens (tertiary/aromatic N) is 1. The second kappa shape index (κ2) is 11.1. The summed E-state index contributed by atoms with van der Waals surface area (Å²) in [6.07, 6.45) is 1.73. The van der Waals surface area contributed by atoms with Crippen molar-refractivity contribution < 1.29 is 19.1 Å². The van der Waals surface area contributed by atoms with Crippen molar-refractivity contribution in [2.75, 3.05) is 13.2 Å². The molecule has 0 unspecified atom stereocenters. The molecule has 1 aliphatic rings. The van der Waals surface area contributed by atoms with Crippen LogP contribution in [0, 0.1) is 0 Å². The van der Waals surface area contributed by atoms with Crippen molar-refractivity contribution in [3.8, 4) is 11.5 Å². The van der Waals surface area contributed by atoms with Crippen molar-refractivity contribution in [2.24, 2.45) is 0 Å². The lowest BCUT2D eigenvalue weighted by Crippen LogP contribution is -2.32. The highest BCUT2D eigenvalue weighted by Gasteiger charge is 2.35. The minimum atomic E-state index is -0.323. The number of carbonyl (C=O) groups excluding carboxylic acids is 2. The molecule has 5 nitrogen and oxygen atoms in total. The Balaban J connectivity index is 1.13. The molecule has 39 heavy (non-hydrogen) atoms. The smallest absolute Gasteiger partial charge is 0.293 e. The van der Waals surface area contributed by atoms with Gasteiger partial charge in [0.25, 0.3) is 11.1 Å². The van der Waals surface area contributed by atoms with Gasteiger partial charge in [-0.25, -0.2) is 0 Å². The maximum atomic E-state index is 13.1. The van der Waals surface area contributed by atoms with E-state index in [4.69, 9.17) is 9.47 Å². The summed E-state index contributed by atoms with van der Waals surface area (Å²) in [7, 11) is 0. The standard InChI is InChI=1S/C33H25NO4S/c35-32-31(39-33(36)34(32)18-19-37-30-15-7-12-25-9-3-5-13-28(25)30)21-27-11-4-6-14-29(27)38-22-23-16-17-24-8-1-2-10-26(24)20-23/h1-17,20-21H,18-19,22H2/b31-21-. The summed E-state index contributed by atoms with van der Waals surface area (Å²) in [4.78, 5) is 27.4. The second-order valence-electron chi connectivity index (χ2n) is 9.17. The predicted molar refractivity (Wildman–Crippen MR) is 157 cm³/mol. The van der Waals surface area contributed by atoms with Crippen LogP contribution in [0.25, 0.3) is 27.6 Å². The van der Waals surface area contributed by atoms with E-state index in [0.717, 1.165) is 44.8 Å². The Kier molecular flexibility index (Phi) is 7.02. The molecular formula is C33H25NO4S. The van der Waals surface area contributed by atoms with Crippen LogP contribution in [0.15, 0.2) is 114 Å². The molecule has 6 heteroatoms. The number of amides is 2. The minimum absolute atomic E-state index is 0.172. The maximum Gasteiger partial charge on any atom is 0.293 e. The molecular weight excluding hydrogens is 506 g/mol. The summed E-state index contributed by atoms with van der Waals surface area (Å²) in [5, 5.41) is 4.10. The molecule has 5 aromatic rings. The van der Waals surface area contributed by atoms with Crippen molar-refractivity contribution in [2.45, 2.75) is 6.61 Å². The van der Waals surface area contributed by atoms with Gasteiger partial charge in [-0.05, 0) is 57.8 Å². The fraction of sp³-hybridized carbons (Fsp3) is 0.0909. The SMILES string of the molecule is O=C1S/C(=C\c2ccccc2OCc2ccc3ccccc3c2)C(=O)N1CCOc1cccc2ccccc12. The van der Waals surface area contributed by atoms with Gasteiger partial charge in [-0.1, -0.05) is 91.0 Å². The summed E-state index contributed by atoms with van der Waals surface area (Å²) in [5.74, 6) is 1.06. The van der Waals surface area contributed by atoms with Gasteiger partial charge in [0.1, 0.15) is 24.7 Å². The summed E-state index contributed by atoms with van der Waals surface area (Å²) < 4.78 is 12.1. The van der Waals surface area contributed by atoms with Crippen LogP contribution < -0.4 is 9.47 Å². The highest BCUT2D eigenvalue weighted by atomic mass is 32.2. The highest BCUT2D eigenvalue weighted by Crippen LogP contribution is 2.34. The second-order valence-corrected chi connectivity index (χ2v) is 10.2. The molecule has 2 amide bonds. The van der Waals surface area contributed by atoms with Gasteiger partial charge in [0, 0.05) is 10.9 Å². The quantitative estimate of drug-likeness (QED) is 0.192. The molecule has 0 spiro atoms. The van der Waals surface area contributed by atoms with E-state index in [9.17, 15) is 9.59 Å². The van der Waals surface area contributed by atoms with Crippen LogP contribution in [0.5, 0.6) is 11.5 Å². The number of hydrogen-bond donors (Lipinski definition) is 0. The first-order valence-electron chi connectivity index (χ1n) is 12.7. The lowest BCUT2D eigenvalue weighted by Gasteiger charge is -2.14. The lowest BCUT2D eigenvalue weighted by atomic mass is 10.1. The number of rotatable bonds is 8. The first-order valence-corrected chi connectivity index (χ1v) is 13.5. The van der Waals surface area contributed by atoms with Crippen LogP contribution >= 0.6 is 11.8 Å². The van der Waals surface area contributed by atoms with E-state index in [1.807, 2.05) is 78.9 Å².